The molecule has 0 saturated carbocycles. The summed E-state index contributed by atoms with van der Waals surface area (Å²) in [5, 5.41) is 0. The molecule has 2 heterocycles. The fourth-order valence-corrected chi connectivity index (χ4v) is 2.36. The molecular weight excluding hydrogens is 167 g/mol. The van der Waals surface area contributed by atoms with Crippen LogP contribution < -0.4 is 0 Å². The number of nitrogens with zero attached hydrogens (tertiary/aromatic N) is 2. The van der Waals surface area contributed by atoms with E-state index in [1.54, 1.807) is 5.70 Å². The molecule has 12 heavy (non-hydrogen) atoms. The van der Waals surface area contributed by atoms with Crippen molar-refractivity contribution in [2.45, 2.75) is 25.7 Å². The van der Waals surface area contributed by atoms with E-state index in [1.165, 1.54) is 45.3 Å². The van der Waals surface area contributed by atoms with Gasteiger partial charge in [-0.3, -0.25) is 0 Å². The maximum absolute atomic E-state index is 2.77. The Kier molecular flexibility index (Phi) is 2.55. The Morgan fingerprint density at radius 2 is 1.83 bits per heavy atom. The van der Waals surface area contributed by atoms with Crippen LogP contribution in [0.15, 0.2) is 11.9 Å². The van der Waals surface area contributed by atoms with Gasteiger partial charge in [-0.1, -0.05) is 0 Å². The Hall–Kier alpha value is -0.230. The maximum atomic E-state index is 2.77. The first kappa shape index (κ1) is 8.37. The van der Waals surface area contributed by atoms with Crippen LogP contribution in [0.5, 0.6) is 0 Å². The van der Waals surface area contributed by atoms with Gasteiger partial charge in [0.25, 0.3) is 0 Å². The second-order valence-corrected chi connectivity index (χ2v) is 4.32. The lowest BCUT2D eigenvalue weighted by Gasteiger charge is -2.28. The molecule has 2 aliphatic rings. The minimum atomic E-state index is 1.20. The first-order chi connectivity index (χ1) is 5.86. The molecule has 3 heteroatoms. The van der Waals surface area contributed by atoms with Gasteiger partial charge in [0.1, 0.15) is 0 Å². The number of hydrogen-bond donors (Lipinski definition) is 0. The van der Waals surface area contributed by atoms with Crippen molar-refractivity contribution in [1.82, 2.24) is 9.57 Å². The van der Waals surface area contributed by atoms with E-state index in [9.17, 15) is 0 Å². The van der Waals surface area contributed by atoms with Crippen molar-refractivity contribution in [3.8, 4) is 0 Å². The Morgan fingerprint density at radius 3 is 2.50 bits per heavy atom. The molecule has 0 N–H and O–H groups in total. The molecule has 0 spiro atoms. The van der Waals surface area contributed by atoms with E-state index in [-0.39, 0.29) is 0 Å². The summed E-state index contributed by atoms with van der Waals surface area (Å²) in [5.74, 6) is 0. The van der Waals surface area contributed by atoms with Gasteiger partial charge in [0.05, 0.1) is 0 Å². The summed E-state index contributed by atoms with van der Waals surface area (Å²) in [6.45, 7) is 3.76. The summed E-state index contributed by atoms with van der Waals surface area (Å²) in [6.07, 6.45) is 7.65. The highest BCUT2D eigenvalue weighted by molar-refractivity contribution is 7.13. The van der Waals surface area contributed by atoms with E-state index in [0.29, 0.717) is 0 Å². The SMILES string of the molecule is PN1C=C(N2CCCC2)CCC1. The summed E-state index contributed by atoms with van der Waals surface area (Å²) in [5.41, 5.74) is 1.55. The monoisotopic (exact) mass is 184 g/mol. The molecule has 0 amide bonds. The highest BCUT2D eigenvalue weighted by atomic mass is 31.0. The number of allylic oxidation sites excluding steroid dienone is 1. The molecule has 2 aliphatic heterocycles. The van der Waals surface area contributed by atoms with Crippen molar-refractivity contribution in [3.05, 3.63) is 11.9 Å². The lowest BCUT2D eigenvalue weighted by molar-refractivity contribution is 0.371. The zero-order valence-corrected chi connectivity index (χ0v) is 8.65. The summed E-state index contributed by atoms with van der Waals surface area (Å²) >= 11 is 0. The normalized spacial score (nSPS) is 24.6. The Bertz CT molecular complexity index is 185. The van der Waals surface area contributed by atoms with Gasteiger partial charge in [-0.15, -0.1) is 0 Å². The van der Waals surface area contributed by atoms with Gasteiger partial charge < -0.3 is 9.57 Å². The van der Waals surface area contributed by atoms with Crippen LogP contribution in [0, 0.1) is 0 Å². The number of likely N-dealkylation sites (tertiary alicyclic amines) is 1. The van der Waals surface area contributed by atoms with Gasteiger partial charge in [-0.05, 0) is 35.1 Å². The Balaban J connectivity index is 2.01. The van der Waals surface area contributed by atoms with Crippen LogP contribution in [0.25, 0.3) is 0 Å². The lowest BCUT2D eigenvalue weighted by Crippen LogP contribution is -2.24. The Morgan fingerprint density at radius 1 is 1.08 bits per heavy atom. The van der Waals surface area contributed by atoms with E-state index in [1.807, 2.05) is 0 Å². The van der Waals surface area contributed by atoms with Gasteiger partial charge in [0, 0.05) is 31.5 Å². The average molecular weight is 184 g/mol. The highest BCUT2D eigenvalue weighted by Gasteiger charge is 2.17. The van der Waals surface area contributed by atoms with Crippen LogP contribution in [0.4, 0.5) is 0 Å². The fraction of sp³-hybridized carbons (Fsp3) is 0.778. The maximum Gasteiger partial charge on any atom is 0.0297 e. The summed E-state index contributed by atoms with van der Waals surface area (Å²) in [7, 11) is 2.77. The summed E-state index contributed by atoms with van der Waals surface area (Å²) in [6, 6.07) is 0. The van der Waals surface area contributed by atoms with Gasteiger partial charge in [0.15, 0.2) is 0 Å². The van der Waals surface area contributed by atoms with E-state index < -0.39 is 0 Å². The molecule has 1 atom stereocenters. The van der Waals surface area contributed by atoms with Crippen LogP contribution >= 0.6 is 9.39 Å². The predicted octanol–water partition coefficient (Wildman–Crippen LogP) is 1.81. The lowest BCUT2D eigenvalue weighted by atomic mass is 10.2. The minimum absolute atomic E-state index is 1.20. The fourth-order valence-electron chi connectivity index (χ4n) is 2.01. The van der Waals surface area contributed by atoms with Gasteiger partial charge in [-0.2, -0.15) is 0 Å². The summed E-state index contributed by atoms with van der Waals surface area (Å²) in [4.78, 5) is 2.54. The third-order valence-electron chi connectivity index (χ3n) is 2.68. The van der Waals surface area contributed by atoms with E-state index in [0.717, 1.165) is 0 Å². The first-order valence-electron chi connectivity index (χ1n) is 4.83. The molecule has 0 radical (unpaired) electrons. The van der Waals surface area contributed by atoms with Crippen LogP contribution in [-0.2, 0) is 0 Å². The second-order valence-electron chi connectivity index (χ2n) is 3.66. The van der Waals surface area contributed by atoms with Crippen molar-refractivity contribution >= 4 is 9.39 Å². The zero-order chi connectivity index (χ0) is 8.39. The van der Waals surface area contributed by atoms with E-state index >= 15 is 0 Å². The molecule has 1 unspecified atom stereocenters. The van der Waals surface area contributed by atoms with Gasteiger partial charge in [0.2, 0.25) is 0 Å². The molecule has 2 nitrogen and oxygen atoms in total. The number of rotatable bonds is 1. The Labute approximate surface area is 76.9 Å². The van der Waals surface area contributed by atoms with Gasteiger partial charge in [-0.25, -0.2) is 0 Å². The van der Waals surface area contributed by atoms with Crippen molar-refractivity contribution in [2.24, 2.45) is 0 Å². The zero-order valence-electron chi connectivity index (χ0n) is 7.50. The first-order valence-corrected chi connectivity index (χ1v) is 5.35. The molecular formula is C9H17N2P. The third-order valence-corrected chi connectivity index (χ3v) is 3.08. The van der Waals surface area contributed by atoms with E-state index in [2.05, 4.69) is 25.2 Å². The molecule has 1 fully saturated rings. The van der Waals surface area contributed by atoms with Crippen molar-refractivity contribution in [1.29, 1.82) is 0 Å². The molecule has 0 aromatic heterocycles. The van der Waals surface area contributed by atoms with Crippen molar-refractivity contribution < 1.29 is 0 Å². The summed E-state index contributed by atoms with van der Waals surface area (Å²) < 4.78 is 2.23. The molecule has 68 valence electrons. The standard InChI is InChI=1S/C9H17N2P/c12-11-7-3-4-9(8-11)10-5-1-2-6-10/h8H,1-7,12H2. The van der Waals surface area contributed by atoms with Crippen LogP contribution in [-0.4, -0.2) is 29.2 Å². The minimum Gasteiger partial charge on any atom is -0.374 e. The molecule has 0 bridgehead atoms. The third kappa shape index (κ3) is 1.74. The van der Waals surface area contributed by atoms with Crippen molar-refractivity contribution in [2.75, 3.05) is 19.6 Å². The van der Waals surface area contributed by atoms with Gasteiger partial charge >= 0.3 is 0 Å². The average Bonchev–Trinajstić information content (AvgIpc) is 2.56. The smallest absolute Gasteiger partial charge is 0.0297 e. The van der Waals surface area contributed by atoms with Crippen LogP contribution in [0.3, 0.4) is 0 Å². The molecule has 2 rings (SSSR count). The largest absolute Gasteiger partial charge is 0.374 e. The highest BCUT2D eigenvalue weighted by Crippen LogP contribution is 2.23. The molecule has 0 aromatic carbocycles. The quantitative estimate of drug-likeness (QED) is 0.573. The molecule has 0 aromatic rings. The molecule has 1 saturated heterocycles. The van der Waals surface area contributed by atoms with Crippen molar-refractivity contribution in [3.63, 3.8) is 0 Å². The van der Waals surface area contributed by atoms with Crippen LogP contribution in [0.1, 0.15) is 25.7 Å². The number of hydrogen-bond acceptors (Lipinski definition) is 2. The topological polar surface area (TPSA) is 6.48 Å². The predicted molar refractivity (Wildman–Crippen MR) is 54.5 cm³/mol. The molecule has 0 aliphatic carbocycles. The second kappa shape index (κ2) is 3.66. The van der Waals surface area contributed by atoms with Crippen LogP contribution in [0.2, 0.25) is 0 Å². The van der Waals surface area contributed by atoms with E-state index in [4.69, 9.17) is 0 Å².